The van der Waals surface area contributed by atoms with Gasteiger partial charge in [0.05, 0.1) is 6.61 Å². The normalized spacial score (nSPS) is 20.9. The lowest BCUT2D eigenvalue weighted by molar-refractivity contribution is -0.138. The predicted molar refractivity (Wildman–Crippen MR) is 52.3 cm³/mol. The molecule has 0 aromatic carbocycles. The highest BCUT2D eigenvalue weighted by atomic mass is 16.5. The van der Waals surface area contributed by atoms with Gasteiger partial charge in [-0.05, 0) is 6.42 Å². The second-order valence-corrected chi connectivity index (χ2v) is 3.27. The molecule has 86 valence electrons. The van der Waals surface area contributed by atoms with Gasteiger partial charge in [-0.2, -0.15) is 0 Å². The zero-order valence-corrected chi connectivity index (χ0v) is 8.75. The molecule has 15 heavy (non-hydrogen) atoms. The molecule has 0 saturated carbocycles. The zero-order chi connectivity index (χ0) is 11.1. The standard InChI is InChI=1S/C9H16N2O4/c1-14-4-2-3-10-9(13)7-5-15-6-8(12)11-7/h7H,2-6H2,1H3,(H,10,13)(H,11,12). The summed E-state index contributed by atoms with van der Waals surface area (Å²) in [4.78, 5) is 22.4. The van der Waals surface area contributed by atoms with E-state index in [0.717, 1.165) is 6.42 Å². The third kappa shape index (κ3) is 4.26. The van der Waals surface area contributed by atoms with Crippen LogP contribution in [0.1, 0.15) is 6.42 Å². The predicted octanol–water partition coefficient (Wildman–Crippen LogP) is -1.35. The van der Waals surface area contributed by atoms with Crippen LogP contribution < -0.4 is 10.6 Å². The first kappa shape index (κ1) is 11.9. The highest BCUT2D eigenvalue weighted by Gasteiger charge is 2.24. The molecule has 0 spiro atoms. The fourth-order valence-corrected chi connectivity index (χ4v) is 1.24. The first-order valence-corrected chi connectivity index (χ1v) is 4.88. The van der Waals surface area contributed by atoms with Crippen LogP contribution in [0.25, 0.3) is 0 Å². The molecular formula is C9H16N2O4. The fraction of sp³-hybridized carbons (Fsp3) is 0.778. The van der Waals surface area contributed by atoms with Crippen molar-refractivity contribution in [3.05, 3.63) is 0 Å². The molecule has 0 aromatic heterocycles. The Labute approximate surface area is 88.3 Å². The van der Waals surface area contributed by atoms with Gasteiger partial charge in [-0.15, -0.1) is 0 Å². The Morgan fingerprint density at radius 3 is 3.20 bits per heavy atom. The number of carbonyl (C=O) groups excluding carboxylic acids is 2. The number of amides is 2. The van der Waals surface area contributed by atoms with E-state index in [4.69, 9.17) is 9.47 Å². The molecule has 1 saturated heterocycles. The van der Waals surface area contributed by atoms with Crippen molar-refractivity contribution < 1.29 is 19.1 Å². The minimum Gasteiger partial charge on any atom is -0.385 e. The maximum absolute atomic E-state index is 11.5. The summed E-state index contributed by atoms with van der Waals surface area (Å²) in [6, 6.07) is -0.561. The molecule has 1 atom stereocenters. The van der Waals surface area contributed by atoms with E-state index in [0.29, 0.717) is 13.2 Å². The van der Waals surface area contributed by atoms with E-state index in [9.17, 15) is 9.59 Å². The van der Waals surface area contributed by atoms with Crippen molar-refractivity contribution in [3.8, 4) is 0 Å². The number of morpholine rings is 1. The van der Waals surface area contributed by atoms with E-state index in [-0.39, 0.29) is 25.0 Å². The quantitative estimate of drug-likeness (QED) is 0.557. The number of hydrogen-bond acceptors (Lipinski definition) is 4. The Kier molecular flexibility index (Phi) is 5.06. The minimum absolute atomic E-state index is 0.0352. The Morgan fingerprint density at radius 2 is 2.53 bits per heavy atom. The van der Waals surface area contributed by atoms with Crippen molar-refractivity contribution in [3.63, 3.8) is 0 Å². The first-order chi connectivity index (χ1) is 7.24. The molecule has 1 unspecified atom stereocenters. The third-order valence-corrected chi connectivity index (χ3v) is 1.99. The summed E-state index contributed by atoms with van der Waals surface area (Å²) in [5.74, 6) is -0.461. The Bertz CT molecular complexity index is 232. The van der Waals surface area contributed by atoms with Crippen LogP contribution in [0.3, 0.4) is 0 Å². The summed E-state index contributed by atoms with van der Waals surface area (Å²) < 4.78 is 9.79. The summed E-state index contributed by atoms with van der Waals surface area (Å²) >= 11 is 0. The first-order valence-electron chi connectivity index (χ1n) is 4.88. The Hall–Kier alpha value is -1.14. The van der Waals surface area contributed by atoms with Crippen molar-refractivity contribution in [1.82, 2.24) is 10.6 Å². The van der Waals surface area contributed by atoms with Crippen LogP contribution in [-0.4, -0.2) is 51.3 Å². The second-order valence-electron chi connectivity index (χ2n) is 3.27. The molecule has 1 aliphatic heterocycles. The summed E-state index contributed by atoms with van der Waals surface area (Å²) in [5.41, 5.74) is 0. The average molecular weight is 216 g/mol. The summed E-state index contributed by atoms with van der Waals surface area (Å²) in [7, 11) is 1.61. The molecule has 6 heteroatoms. The SMILES string of the molecule is COCCCNC(=O)C1COCC(=O)N1. The van der Waals surface area contributed by atoms with Gasteiger partial charge in [0, 0.05) is 20.3 Å². The fourth-order valence-electron chi connectivity index (χ4n) is 1.24. The molecule has 1 aliphatic rings. The lowest BCUT2D eigenvalue weighted by atomic mass is 10.2. The minimum atomic E-state index is -0.561. The van der Waals surface area contributed by atoms with Crippen LogP contribution in [0, 0.1) is 0 Å². The molecule has 2 N–H and O–H groups in total. The van der Waals surface area contributed by atoms with Crippen LogP contribution in [0.2, 0.25) is 0 Å². The maximum Gasteiger partial charge on any atom is 0.246 e. The van der Waals surface area contributed by atoms with Crippen LogP contribution in [0.5, 0.6) is 0 Å². The Balaban J connectivity index is 2.18. The van der Waals surface area contributed by atoms with Gasteiger partial charge in [-0.1, -0.05) is 0 Å². The molecule has 1 rings (SSSR count). The van der Waals surface area contributed by atoms with E-state index in [1.54, 1.807) is 7.11 Å². The van der Waals surface area contributed by atoms with Crippen LogP contribution in [0.15, 0.2) is 0 Å². The van der Waals surface area contributed by atoms with Gasteiger partial charge in [0.2, 0.25) is 11.8 Å². The third-order valence-electron chi connectivity index (χ3n) is 1.99. The number of rotatable bonds is 5. The van der Waals surface area contributed by atoms with E-state index in [1.165, 1.54) is 0 Å². The second kappa shape index (κ2) is 6.36. The maximum atomic E-state index is 11.5. The molecule has 0 aliphatic carbocycles. The molecule has 6 nitrogen and oxygen atoms in total. The molecule has 2 amide bonds. The van der Waals surface area contributed by atoms with Crippen molar-refractivity contribution >= 4 is 11.8 Å². The van der Waals surface area contributed by atoms with Crippen molar-refractivity contribution in [2.45, 2.75) is 12.5 Å². The lowest BCUT2D eigenvalue weighted by Gasteiger charge is -2.22. The van der Waals surface area contributed by atoms with Gasteiger partial charge >= 0.3 is 0 Å². The van der Waals surface area contributed by atoms with E-state index in [1.807, 2.05) is 0 Å². The zero-order valence-electron chi connectivity index (χ0n) is 8.75. The van der Waals surface area contributed by atoms with Crippen LogP contribution >= 0.6 is 0 Å². The number of ether oxygens (including phenoxy) is 2. The average Bonchev–Trinajstić information content (AvgIpc) is 2.24. The molecule has 0 bridgehead atoms. The number of nitrogens with one attached hydrogen (secondary N) is 2. The van der Waals surface area contributed by atoms with Crippen molar-refractivity contribution in [2.75, 3.05) is 33.5 Å². The van der Waals surface area contributed by atoms with Crippen molar-refractivity contribution in [1.29, 1.82) is 0 Å². The van der Waals surface area contributed by atoms with Gasteiger partial charge in [-0.3, -0.25) is 9.59 Å². The van der Waals surface area contributed by atoms with Gasteiger partial charge in [-0.25, -0.2) is 0 Å². The van der Waals surface area contributed by atoms with E-state index in [2.05, 4.69) is 10.6 Å². The van der Waals surface area contributed by atoms with Gasteiger partial charge < -0.3 is 20.1 Å². The number of hydrogen-bond donors (Lipinski definition) is 2. The van der Waals surface area contributed by atoms with Gasteiger partial charge in [0.25, 0.3) is 0 Å². The lowest BCUT2D eigenvalue weighted by Crippen LogP contribution is -2.54. The topological polar surface area (TPSA) is 76.7 Å². The van der Waals surface area contributed by atoms with E-state index >= 15 is 0 Å². The Morgan fingerprint density at radius 1 is 1.73 bits per heavy atom. The van der Waals surface area contributed by atoms with Crippen molar-refractivity contribution in [2.24, 2.45) is 0 Å². The molecule has 0 aromatic rings. The number of carbonyl (C=O) groups is 2. The van der Waals surface area contributed by atoms with Gasteiger partial charge in [0.1, 0.15) is 12.6 Å². The summed E-state index contributed by atoms with van der Waals surface area (Å²) in [6.45, 7) is 1.42. The largest absolute Gasteiger partial charge is 0.385 e. The van der Waals surface area contributed by atoms with Gasteiger partial charge in [0.15, 0.2) is 0 Å². The molecule has 1 fully saturated rings. The molecule has 1 heterocycles. The van der Waals surface area contributed by atoms with Crippen LogP contribution in [0.4, 0.5) is 0 Å². The van der Waals surface area contributed by atoms with E-state index < -0.39 is 6.04 Å². The highest BCUT2D eigenvalue weighted by molar-refractivity contribution is 5.88. The summed E-state index contributed by atoms with van der Waals surface area (Å²) in [5, 5.41) is 5.24. The summed E-state index contributed by atoms with van der Waals surface area (Å²) in [6.07, 6.45) is 0.754. The molecular weight excluding hydrogens is 200 g/mol. The molecule has 0 radical (unpaired) electrons. The smallest absolute Gasteiger partial charge is 0.246 e. The monoisotopic (exact) mass is 216 g/mol. The number of methoxy groups -OCH3 is 1. The van der Waals surface area contributed by atoms with Crippen LogP contribution in [-0.2, 0) is 19.1 Å². The highest BCUT2D eigenvalue weighted by Crippen LogP contribution is 1.94.